The molecule has 162 valence electrons. The van der Waals surface area contributed by atoms with Crippen LogP contribution < -0.4 is 10.6 Å². The molecule has 6 nitrogen and oxygen atoms in total. The number of guanidine groups is 1. The Balaban J connectivity index is 0.00000300. The van der Waals surface area contributed by atoms with Crippen LogP contribution in [0.2, 0.25) is 0 Å². The highest BCUT2D eigenvalue weighted by atomic mass is 127. The molecule has 0 saturated carbocycles. The van der Waals surface area contributed by atoms with Crippen molar-refractivity contribution in [3.63, 3.8) is 0 Å². The Morgan fingerprint density at radius 2 is 1.97 bits per heavy atom. The maximum Gasteiger partial charge on any atom is 0.191 e. The minimum Gasteiger partial charge on any atom is -0.373 e. The molecule has 3 rings (SSSR count). The second-order valence-corrected chi connectivity index (χ2v) is 7.67. The summed E-state index contributed by atoms with van der Waals surface area (Å²) in [6.45, 7) is 12.1. The summed E-state index contributed by atoms with van der Waals surface area (Å²) in [5, 5.41) is 8.12. The number of aromatic amines is 1. The van der Waals surface area contributed by atoms with E-state index in [2.05, 4.69) is 71.8 Å². The summed E-state index contributed by atoms with van der Waals surface area (Å²) in [6.07, 6.45) is 4.81. The summed E-state index contributed by atoms with van der Waals surface area (Å²) in [6, 6.07) is 8.45. The van der Waals surface area contributed by atoms with E-state index in [1.807, 2.05) is 0 Å². The lowest BCUT2D eigenvalue weighted by atomic mass is 10.1. The molecule has 2 unspecified atom stereocenters. The van der Waals surface area contributed by atoms with Gasteiger partial charge in [0.05, 0.1) is 12.2 Å². The minimum absolute atomic E-state index is 0. The molecule has 0 aliphatic carbocycles. The van der Waals surface area contributed by atoms with Crippen molar-refractivity contribution < 1.29 is 4.74 Å². The molecule has 1 fully saturated rings. The number of hydrogen-bond acceptors (Lipinski definition) is 3. The maximum atomic E-state index is 5.80. The molecule has 7 heteroatoms. The van der Waals surface area contributed by atoms with Gasteiger partial charge in [0.1, 0.15) is 0 Å². The van der Waals surface area contributed by atoms with E-state index in [0.29, 0.717) is 12.2 Å². The van der Waals surface area contributed by atoms with Gasteiger partial charge in [-0.05, 0) is 45.2 Å². The number of morpholine rings is 1. The third-order valence-electron chi connectivity index (χ3n) is 5.10. The molecule has 3 N–H and O–H groups in total. The molecular weight excluding hydrogens is 477 g/mol. The van der Waals surface area contributed by atoms with Crippen molar-refractivity contribution in [2.75, 3.05) is 39.3 Å². The van der Waals surface area contributed by atoms with Crippen LogP contribution in [0.4, 0.5) is 0 Å². The molecule has 2 heterocycles. The van der Waals surface area contributed by atoms with Gasteiger partial charge in [0.15, 0.2) is 5.96 Å². The van der Waals surface area contributed by atoms with Gasteiger partial charge in [0, 0.05) is 56.4 Å². The molecule has 2 atom stereocenters. The summed E-state index contributed by atoms with van der Waals surface area (Å²) < 4.78 is 5.80. The summed E-state index contributed by atoms with van der Waals surface area (Å²) in [5.74, 6) is 0.908. The zero-order chi connectivity index (χ0) is 19.8. The van der Waals surface area contributed by atoms with Gasteiger partial charge in [-0.3, -0.25) is 9.89 Å². The van der Waals surface area contributed by atoms with Gasteiger partial charge in [0.25, 0.3) is 0 Å². The first kappa shape index (κ1) is 24.0. The van der Waals surface area contributed by atoms with E-state index in [4.69, 9.17) is 9.73 Å². The topological polar surface area (TPSA) is 64.7 Å². The average Bonchev–Trinajstić information content (AvgIpc) is 3.08. The van der Waals surface area contributed by atoms with Gasteiger partial charge in [-0.25, -0.2) is 0 Å². The number of nitrogens with zero attached hydrogens (tertiary/aromatic N) is 2. The Morgan fingerprint density at radius 1 is 1.21 bits per heavy atom. The van der Waals surface area contributed by atoms with Crippen molar-refractivity contribution in [1.29, 1.82) is 0 Å². The zero-order valence-corrected chi connectivity index (χ0v) is 20.2. The van der Waals surface area contributed by atoms with Gasteiger partial charge in [0.2, 0.25) is 0 Å². The van der Waals surface area contributed by atoms with Crippen LogP contribution in [0, 0.1) is 0 Å². The van der Waals surface area contributed by atoms with Crippen LogP contribution in [0.25, 0.3) is 10.9 Å². The summed E-state index contributed by atoms with van der Waals surface area (Å²) in [4.78, 5) is 10.6. The largest absolute Gasteiger partial charge is 0.373 e. The van der Waals surface area contributed by atoms with Crippen LogP contribution in [0.15, 0.2) is 35.5 Å². The molecule has 0 radical (unpaired) electrons. The van der Waals surface area contributed by atoms with E-state index in [-0.39, 0.29) is 24.0 Å². The first-order chi connectivity index (χ1) is 13.7. The molecule has 1 aliphatic heterocycles. The monoisotopic (exact) mass is 513 g/mol. The Morgan fingerprint density at radius 3 is 2.72 bits per heavy atom. The Kier molecular flexibility index (Phi) is 10.2. The third kappa shape index (κ3) is 7.46. The van der Waals surface area contributed by atoms with E-state index in [0.717, 1.165) is 58.1 Å². The van der Waals surface area contributed by atoms with Gasteiger partial charge in [-0.1, -0.05) is 18.2 Å². The molecular formula is C22H36IN5O. The Bertz CT molecular complexity index is 752. The number of fused-ring (bicyclic) bond motifs is 1. The van der Waals surface area contributed by atoms with Crippen molar-refractivity contribution in [3.05, 3.63) is 36.0 Å². The average molecular weight is 513 g/mol. The van der Waals surface area contributed by atoms with Crippen LogP contribution in [0.5, 0.6) is 0 Å². The second-order valence-electron chi connectivity index (χ2n) is 7.67. The van der Waals surface area contributed by atoms with Crippen LogP contribution in [0.3, 0.4) is 0 Å². The normalized spacial score (nSPS) is 20.4. The van der Waals surface area contributed by atoms with Crippen molar-refractivity contribution in [2.24, 2.45) is 4.99 Å². The molecule has 0 amide bonds. The highest BCUT2D eigenvalue weighted by Gasteiger charge is 2.21. The maximum absolute atomic E-state index is 5.80. The Labute approximate surface area is 191 Å². The number of H-pyrrole nitrogens is 1. The van der Waals surface area contributed by atoms with E-state index in [1.54, 1.807) is 0 Å². The lowest BCUT2D eigenvalue weighted by Crippen LogP contribution is -2.45. The van der Waals surface area contributed by atoms with Crippen LogP contribution in [-0.2, 0) is 11.2 Å². The number of halogens is 1. The van der Waals surface area contributed by atoms with Gasteiger partial charge in [-0.15, -0.1) is 24.0 Å². The number of ether oxygens (including phenoxy) is 1. The standard InChI is InChI=1S/C22H35N5O.HI/c1-4-23-22(24-11-7-13-27-15-17(2)28-18(3)16-27)25-12-10-19-14-26-21-9-6-5-8-20(19)21;/h5-6,8-9,14,17-18,26H,4,7,10-13,15-16H2,1-3H3,(H2,23,24,25);1H. The summed E-state index contributed by atoms with van der Waals surface area (Å²) in [5.41, 5.74) is 2.54. The molecule has 0 bridgehead atoms. The molecule has 1 aromatic carbocycles. The van der Waals surface area contributed by atoms with Crippen molar-refractivity contribution in [1.82, 2.24) is 20.5 Å². The molecule has 1 aromatic heterocycles. The SMILES string of the molecule is CCNC(=NCCCN1CC(C)OC(C)C1)NCCc1c[nH]c2ccccc12.I. The van der Waals surface area contributed by atoms with Crippen LogP contribution in [-0.4, -0.2) is 67.3 Å². The predicted octanol–water partition coefficient (Wildman–Crippen LogP) is 3.38. The number of hydrogen-bond donors (Lipinski definition) is 3. The Hall–Kier alpha value is -1.32. The molecule has 2 aromatic rings. The quantitative estimate of drug-likeness (QED) is 0.219. The van der Waals surface area contributed by atoms with Gasteiger partial charge >= 0.3 is 0 Å². The molecule has 0 spiro atoms. The van der Waals surface area contributed by atoms with Crippen molar-refractivity contribution in [3.8, 4) is 0 Å². The second kappa shape index (κ2) is 12.4. The molecule has 1 aliphatic rings. The fourth-order valence-corrected chi connectivity index (χ4v) is 3.95. The fraction of sp³-hybridized carbons (Fsp3) is 0.591. The summed E-state index contributed by atoms with van der Waals surface area (Å²) >= 11 is 0. The van der Waals surface area contributed by atoms with Gasteiger partial charge in [-0.2, -0.15) is 0 Å². The molecule has 29 heavy (non-hydrogen) atoms. The zero-order valence-electron chi connectivity index (χ0n) is 17.9. The van der Waals surface area contributed by atoms with E-state index >= 15 is 0 Å². The lowest BCUT2D eigenvalue weighted by Gasteiger charge is -2.35. The third-order valence-corrected chi connectivity index (χ3v) is 5.10. The van der Waals surface area contributed by atoms with E-state index in [1.165, 1.54) is 16.5 Å². The highest BCUT2D eigenvalue weighted by Crippen LogP contribution is 2.17. The molecule has 1 saturated heterocycles. The predicted molar refractivity (Wildman–Crippen MR) is 132 cm³/mol. The lowest BCUT2D eigenvalue weighted by molar-refractivity contribution is -0.0679. The number of benzene rings is 1. The smallest absolute Gasteiger partial charge is 0.191 e. The first-order valence-corrected chi connectivity index (χ1v) is 10.6. The summed E-state index contributed by atoms with van der Waals surface area (Å²) in [7, 11) is 0. The highest BCUT2D eigenvalue weighted by molar-refractivity contribution is 14.0. The number of para-hydroxylation sites is 1. The first-order valence-electron chi connectivity index (χ1n) is 10.6. The van der Waals surface area contributed by atoms with Crippen LogP contribution in [0.1, 0.15) is 32.8 Å². The van der Waals surface area contributed by atoms with Crippen LogP contribution >= 0.6 is 24.0 Å². The van der Waals surface area contributed by atoms with Crippen molar-refractivity contribution >= 4 is 40.8 Å². The van der Waals surface area contributed by atoms with E-state index < -0.39 is 0 Å². The number of aromatic nitrogens is 1. The fourth-order valence-electron chi connectivity index (χ4n) is 3.95. The van der Waals surface area contributed by atoms with E-state index in [9.17, 15) is 0 Å². The minimum atomic E-state index is 0. The number of rotatable bonds is 8. The number of nitrogens with one attached hydrogen (secondary N) is 3. The number of aliphatic imine (C=N–C) groups is 1. The van der Waals surface area contributed by atoms with Crippen molar-refractivity contribution in [2.45, 2.75) is 45.8 Å². The van der Waals surface area contributed by atoms with Gasteiger partial charge < -0.3 is 20.4 Å².